The molecule has 1 heterocycles. The topological polar surface area (TPSA) is 73.8 Å². The molecule has 0 saturated carbocycles. The zero-order chi connectivity index (χ0) is 15.9. The highest BCUT2D eigenvalue weighted by Crippen LogP contribution is 2.17. The Morgan fingerprint density at radius 3 is 2.55 bits per heavy atom. The van der Waals surface area contributed by atoms with Gasteiger partial charge in [0.25, 0.3) is 0 Å². The zero-order valence-electron chi connectivity index (χ0n) is 13.2. The van der Waals surface area contributed by atoms with Gasteiger partial charge in [-0.2, -0.15) is 0 Å². The third-order valence-corrected chi connectivity index (χ3v) is 3.81. The molecule has 0 bridgehead atoms. The molecule has 1 aliphatic rings. The van der Waals surface area contributed by atoms with Crippen LogP contribution in [0, 0.1) is 0 Å². The summed E-state index contributed by atoms with van der Waals surface area (Å²) >= 11 is 0. The number of nitrogens with zero attached hydrogens (tertiary/aromatic N) is 1. The Morgan fingerprint density at radius 1 is 1.32 bits per heavy atom. The normalized spacial score (nSPS) is 16.9. The van der Waals surface area contributed by atoms with Crippen LogP contribution in [0.1, 0.15) is 24.5 Å². The molecule has 22 heavy (non-hydrogen) atoms. The van der Waals surface area contributed by atoms with Crippen molar-refractivity contribution < 1.29 is 14.6 Å². The summed E-state index contributed by atoms with van der Waals surface area (Å²) in [5.41, 5.74) is 1.86. The summed E-state index contributed by atoms with van der Waals surface area (Å²) in [4.78, 5) is 13.8. The fraction of sp³-hybridized carbons (Fsp3) is 0.562. The quantitative estimate of drug-likeness (QED) is 0.766. The second-order valence-corrected chi connectivity index (χ2v) is 5.74. The maximum absolute atomic E-state index is 11.8. The van der Waals surface area contributed by atoms with Crippen molar-refractivity contribution in [2.24, 2.45) is 0 Å². The molecule has 2 amide bonds. The predicted molar refractivity (Wildman–Crippen MR) is 86.1 cm³/mol. The first-order valence-electron chi connectivity index (χ1n) is 7.63. The molecule has 1 aromatic rings. The van der Waals surface area contributed by atoms with E-state index in [2.05, 4.69) is 10.6 Å². The second kappa shape index (κ2) is 8.00. The molecule has 0 aliphatic carbocycles. The number of benzene rings is 1. The van der Waals surface area contributed by atoms with Crippen LogP contribution in [0.15, 0.2) is 24.3 Å². The first kappa shape index (κ1) is 16.6. The first-order chi connectivity index (χ1) is 10.6. The predicted octanol–water partition coefficient (Wildman–Crippen LogP) is 1.26. The molecular weight excluding hydrogens is 282 g/mol. The van der Waals surface area contributed by atoms with E-state index in [9.17, 15) is 9.90 Å². The Balaban J connectivity index is 1.76. The number of anilines is 1. The van der Waals surface area contributed by atoms with Crippen LogP contribution in [0.25, 0.3) is 0 Å². The Morgan fingerprint density at radius 2 is 1.95 bits per heavy atom. The molecule has 3 N–H and O–H groups in total. The number of aliphatic hydroxyl groups excluding tert-OH is 1. The summed E-state index contributed by atoms with van der Waals surface area (Å²) in [6, 6.07) is 7.55. The number of carbonyl (C=O) groups excluding carboxylic acids is 1. The van der Waals surface area contributed by atoms with E-state index in [1.54, 1.807) is 0 Å². The number of amides is 2. The van der Waals surface area contributed by atoms with E-state index in [1.165, 1.54) is 0 Å². The van der Waals surface area contributed by atoms with Crippen molar-refractivity contribution in [3.05, 3.63) is 29.8 Å². The summed E-state index contributed by atoms with van der Waals surface area (Å²) in [5, 5.41) is 15.7. The van der Waals surface area contributed by atoms with Crippen LogP contribution in [0.3, 0.4) is 0 Å². The van der Waals surface area contributed by atoms with Gasteiger partial charge >= 0.3 is 6.03 Å². The van der Waals surface area contributed by atoms with Gasteiger partial charge in [0.15, 0.2) is 0 Å². The van der Waals surface area contributed by atoms with Crippen molar-refractivity contribution in [1.82, 2.24) is 10.6 Å². The lowest BCUT2D eigenvalue weighted by atomic mass is 10.1. The van der Waals surface area contributed by atoms with Crippen molar-refractivity contribution >= 4 is 11.7 Å². The van der Waals surface area contributed by atoms with Gasteiger partial charge in [-0.05, 0) is 30.5 Å². The molecule has 6 heteroatoms. The zero-order valence-corrected chi connectivity index (χ0v) is 13.2. The van der Waals surface area contributed by atoms with E-state index >= 15 is 0 Å². The fourth-order valence-corrected chi connectivity index (χ4v) is 2.38. The number of ether oxygens (including phenoxy) is 1. The average Bonchev–Trinajstić information content (AvgIpc) is 2.53. The van der Waals surface area contributed by atoms with Crippen molar-refractivity contribution in [3.63, 3.8) is 0 Å². The van der Waals surface area contributed by atoms with Gasteiger partial charge in [-0.1, -0.05) is 12.1 Å². The van der Waals surface area contributed by atoms with Crippen molar-refractivity contribution in [2.75, 3.05) is 38.8 Å². The molecule has 1 saturated heterocycles. The fourth-order valence-electron chi connectivity index (χ4n) is 2.38. The Kier molecular flexibility index (Phi) is 6.03. The lowest BCUT2D eigenvalue weighted by Gasteiger charge is -2.23. The Labute approximate surface area is 131 Å². The maximum Gasteiger partial charge on any atom is 0.315 e. The number of aliphatic hydroxyl groups is 1. The molecule has 1 aliphatic heterocycles. The number of nitrogens with one attached hydrogen (secondary N) is 2. The van der Waals surface area contributed by atoms with E-state index in [0.717, 1.165) is 24.1 Å². The molecule has 0 unspecified atom stereocenters. The number of carbonyl (C=O) groups is 1. The highest BCUT2D eigenvalue weighted by atomic mass is 16.5. The van der Waals surface area contributed by atoms with Gasteiger partial charge in [0.2, 0.25) is 0 Å². The van der Waals surface area contributed by atoms with Crippen LogP contribution in [0.5, 0.6) is 0 Å². The number of urea groups is 1. The second-order valence-electron chi connectivity index (χ2n) is 5.74. The smallest absolute Gasteiger partial charge is 0.315 e. The Hall–Kier alpha value is -1.79. The average molecular weight is 307 g/mol. The summed E-state index contributed by atoms with van der Waals surface area (Å²) in [7, 11) is 3.93. The van der Waals surface area contributed by atoms with E-state index in [-0.39, 0.29) is 18.6 Å². The molecule has 1 atom stereocenters. The van der Waals surface area contributed by atoms with Crippen molar-refractivity contribution in [3.8, 4) is 0 Å². The number of hydrogen-bond donors (Lipinski definition) is 3. The van der Waals surface area contributed by atoms with Crippen LogP contribution < -0.4 is 15.5 Å². The molecule has 1 fully saturated rings. The highest BCUT2D eigenvalue weighted by Gasteiger charge is 2.16. The van der Waals surface area contributed by atoms with Crippen LogP contribution in [0.4, 0.5) is 10.5 Å². The van der Waals surface area contributed by atoms with E-state index in [0.29, 0.717) is 13.2 Å². The number of rotatable bonds is 5. The van der Waals surface area contributed by atoms with Gasteiger partial charge in [0, 0.05) is 45.6 Å². The van der Waals surface area contributed by atoms with Crippen molar-refractivity contribution in [2.45, 2.75) is 25.0 Å². The van der Waals surface area contributed by atoms with Crippen LogP contribution in [0.2, 0.25) is 0 Å². The Bertz CT molecular complexity index is 470. The van der Waals surface area contributed by atoms with Crippen LogP contribution >= 0.6 is 0 Å². The van der Waals surface area contributed by atoms with Gasteiger partial charge in [-0.3, -0.25) is 0 Å². The van der Waals surface area contributed by atoms with Crippen LogP contribution in [-0.2, 0) is 4.74 Å². The molecule has 0 aromatic heterocycles. The highest BCUT2D eigenvalue weighted by molar-refractivity contribution is 5.74. The minimum Gasteiger partial charge on any atom is -0.387 e. The molecule has 1 aromatic carbocycles. The largest absolute Gasteiger partial charge is 0.387 e. The monoisotopic (exact) mass is 307 g/mol. The third kappa shape index (κ3) is 4.89. The summed E-state index contributed by atoms with van der Waals surface area (Å²) in [6.45, 7) is 1.56. The van der Waals surface area contributed by atoms with E-state index in [1.807, 2.05) is 43.3 Å². The molecule has 122 valence electrons. The van der Waals surface area contributed by atoms with E-state index < -0.39 is 6.10 Å². The molecule has 6 nitrogen and oxygen atoms in total. The van der Waals surface area contributed by atoms with Gasteiger partial charge in [0.05, 0.1) is 6.10 Å². The van der Waals surface area contributed by atoms with Gasteiger partial charge in [-0.25, -0.2) is 4.79 Å². The SMILES string of the molecule is CN(C)c1ccc([C@@H](O)CNC(=O)NC2CCOCC2)cc1. The molecular formula is C16H25N3O3. The van der Waals surface area contributed by atoms with Crippen molar-refractivity contribution in [1.29, 1.82) is 0 Å². The van der Waals surface area contributed by atoms with E-state index in [4.69, 9.17) is 4.74 Å². The molecule has 0 spiro atoms. The van der Waals surface area contributed by atoms with Gasteiger partial charge < -0.3 is 25.4 Å². The van der Waals surface area contributed by atoms with Gasteiger partial charge in [-0.15, -0.1) is 0 Å². The lowest BCUT2D eigenvalue weighted by Crippen LogP contribution is -2.45. The third-order valence-electron chi connectivity index (χ3n) is 3.81. The summed E-state index contributed by atoms with van der Waals surface area (Å²) in [5.74, 6) is 0. The van der Waals surface area contributed by atoms with Gasteiger partial charge in [0.1, 0.15) is 0 Å². The molecule has 0 radical (unpaired) electrons. The maximum atomic E-state index is 11.8. The number of hydrogen-bond acceptors (Lipinski definition) is 4. The first-order valence-corrected chi connectivity index (χ1v) is 7.63. The minimum atomic E-state index is -0.711. The van der Waals surface area contributed by atoms with Crippen LogP contribution in [-0.4, -0.2) is 51.0 Å². The summed E-state index contributed by atoms with van der Waals surface area (Å²) < 4.78 is 5.25. The molecule has 2 rings (SSSR count). The minimum absolute atomic E-state index is 0.158. The standard InChI is InChI=1S/C16H25N3O3/c1-19(2)14-5-3-12(4-6-14)15(20)11-17-16(21)18-13-7-9-22-10-8-13/h3-6,13,15,20H,7-11H2,1-2H3,(H2,17,18,21)/t15-/m0/s1. The lowest BCUT2D eigenvalue weighted by molar-refractivity contribution is 0.0798. The summed E-state index contributed by atoms with van der Waals surface area (Å²) in [6.07, 6.45) is 0.959.